The number of nitrogens with one attached hydrogen (secondary N) is 2. The molecule has 0 spiro atoms. The van der Waals surface area contributed by atoms with Gasteiger partial charge in [-0.3, -0.25) is 14.9 Å². The van der Waals surface area contributed by atoms with Gasteiger partial charge in [0.1, 0.15) is 11.3 Å². The van der Waals surface area contributed by atoms with Gasteiger partial charge < -0.3 is 15.4 Å². The molecule has 2 atom stereocenters. The number of carbonyl (C=O) groups is 1. The normalized spacial score (nSPS) is 20.8. The quantitative estimate of drug-likeness (QED) is 0.484. The summed E-state index contributed by atoms with van der Waals surface area (Å²) in [6.45, 7) is 3.70. The van der Waals surface area contributed by atoms with Crippen LogP contribution in [0.1, 0.15) is 23.7 Å². The second kappa shape index (κ2) is 7.65. The molecule has 7 nitrogen and oxygen atoms in total. The molecule has 1 fully saturated rings. The fourth-order valence-corrected chi connectivity index (χ4v) is 3.25. The standard InChI is InChI=1S/C15H21N3O4S/c1-9-8-16-5-4-11(9)17-15(19)10-6-14(23-3)13(22-2)7-12(10)18(20)21/h6-7,9,11,16H,4-5,8H2,1-3H3,(H,17,19). The maximum Gasteiger partial charge on any atom is 0.285 e. The average molecular weight is 339 g/mol. The van der Waals surface area contributed by atoms with E-state index in [1.54, 1.807) is 0 Å². The Labute approximate surface area is 139 Å². The van der Waals surface area contributed by atoms with Crippen LogP contribution in [0.3, 0.4) is 0 Å². The first-order valence-electron chi connectivity index (χ1n) is 7.40. The molecular formula is C15H21N3O4S. The van der Waals surface area contributed by atoms with E-state index in [9.17, 15) is 14.9 Å². The average Bonchev–Trinajstić information content (AvgIpc) is 2.55. The van der Waals surface area contributed by atoms with Crippen LogP contribution in [0.25, 0.3) is 0 Å². The van der Waals surface area contributed by atoms with Crippen LogP contribution in [0.5, 0.6) is 5.75 Å². The Morgan fingerprint density at radius 3 is 2.83 bits per heavy atom. The molecule has 1 aliphatic rings. The maximum atomic E-state index is 12.6. The van der Waals surface area contributed by atoms with Gasteiger partial charge in [-0.2, -0.15) is 0 Å². The van der Waals surface area contributed by atoms with Crippen molar-refractivity contribution >= 4 is 23.4 Å². The van der Waals surface area contributed by atoms with Gasteiger partial charge in [0.2, 0.25) is 0 Å². The molecule has 2 N–H and O–H groups in total. The molecule has 8 heteroatoms. The molecule has 23 heavy (non-hydrogen) atoms. The molecule has 1 saturated heterocycles. The lowest BCUT2D eigenvalue weighted by Crippen LogP contribution is -2.48. The van der Waals surface area contributed by atoms with E-state index in [2.05, 4.69) is 10.6 Å². The van der Waals surface area contributed by atoms with Crippen molar-refractivity contribution in [3.63, 3.8) is 0 Å². The first-order valence-corrected chi connectivity index (χ1v) is 8.62. The van der Waals surface area contributed by atoms with Crippen molar-refractivity contribution in [1.29, 1.82) is 0 Å². The first kappa shape index (κ1) is 17.6. The summed E-state index contributed by atoms with van der Waals surface area (Å²) < 4.78 is 5.16. The number of nitrogens with zero attached hydrogens (tertiary/aromatic N) is 1. The topological polar surface area (TPSA) is 93.5 Å². The van der Waals surface area contributed by atoms with E-state index in [4.69, 9.17) is 4.74 Å². The van der Waals surface area contributed by atoms with E-state index in [1.165, 1.54) is 31.0 Å². The number of ether oxygens (including phenoxy) is 1. The molecule has 1 aromatic carbocycles. The van der Waals surface area contributed by atoms with E-state index in [0.717, 1.165) is 19.5 Å². The number of piperidine rings is 1. The molecule has 0 saturated carbocycles. The molecule has 1 amide bonds. The molecular weight excluding hydrogens is 318 g/mol. The predicted molar refractivity (Wildman–Crippen MR) is 89.3 cm³/mol. The number of benzene rings is 1. The third-order valence-electron chi connectivity index (χ3n) is 4.05. The zero-order valence-corrected chi connectivity index (χ0v) is 14.2. The summed E-state index contributed by atoms with van der Waals surface area (Å²) >= 11 is 1.38. The van der Waals surface area contributed by atoms with Crippen molar-refractivity contribution in [2.75, 3.05) is 26.5 Å². The Morgan fingerprint density at radius 1 is 1.52 bits per heavy atom. The second-order valence-electron chi connectivity index (χ2n) is 5.53. The van der Waals surface area contributed by atoms with Gasteiger partial charge in [0.05, 0.1) is 23.0 Å². The maximum absolute atomic E-state index is 12.6. The van der Waals surface area contributed by atoms with Crippen LogP contribution < -0.4 is 15.4 Å². The molecule has 2 rings (SSSR count). The number of amides is 1. The van der Waals surface area contributed by atoms with Crippen LogP contribution >= 0.6 is 11.8 Å². The predicted octanol–water partition coefficient (Wildman–Crippen LogP) is 2.05. The highest BCUT2D eigenvalue weighted by Crippen LogP contribution is 2.34. The zero-order chi connectivity index (χ0) is 17.0. The minimum Gasteiger partial charge on any atom is -0.495 e. The van der Waals surface area contributed by atoms with Crippen molar-refractivity contribution in [3.8, 4) is 5.75 Å². The summed E-state index contributed by atoms with van der Waals surface area (Å²) in [7, 11) is 1.45. The highest BCUT2D eigenvalue weighted by molar-refractivity contribution is 7.98. The largest absolute Gasteiger partial charge is 0.495 e. The monoisotopic (exact) mass is 339 g/mol. The number of hydrogen-bond acceptors (Lipinski definition) is 6. The molecule has 0 radical (unpaired) electrons. The van der Waals surface area contributed by atoms with E-state index in [0.29, 0.717) is 10.6 Å². The van der Waals surface area contributed by atoms with Crippen LogP contribution in [-0.4, -0.2) is 43.3 Å². The van der Waals surface area contributed by atoms with Gasteiger partial charge in [0.25, 0.3) is 11.6 Å². The number of methoxy groups -OCH3 is 1. The van der Waals surface area contributed by atoms with Crippen LogP contribution in [0, 0.1) is 16.0 Å². The molecule has 0 aliphatic carbocycles. The van der Waals surface area contributed by atoms with Gasteiger partial charge in [0, 0.05) is 6.04 Å². The first-order chi connectivity index (χ1) is 11.0. The molecule has 1 heterocycles. The molecule has 0 aromatic heterocycles. The molecule has 0 bridgehead atoms. The lowest BCUT2D eigenvalue weighted by molar-refractivity contribution is -0.385. The van der Waals surface area contributed by atoms with E-state index in [1.807, 2.05) is 13.2 Å². The summed E-state index contributed by atoms with van der Waals surface area (Å²) in [4.78, 5) is 24.0. The van der Waals surface area contributed by atoms with Crippen molar-refractivity contribution in [2.45, 2.75) is 24.3 Å². The van der Waals surface area contributed by atoms with Crippen molar-refractivity contribution < 1.29 is 14.5 Å². The Balaban J connectivity index is 2.32. The fourth-order valence-electron chi connectivity index (χ4n) is 2.68. The summed E-state index contributed by atoms with van der Waals surface area (Å²) in [5.74, 6) is 0.273. The highest BCUT2D eigenvalue weighted by Gasteiger charge is 2.28. The van der Waals surface area contributed by atoms with Gasteiger partial charge in [-0.15, -0.1) is 11.8 Å². The third-order valence-corrected chi connectivity index (χ3v) is 4.80. The number of nitro benzene ring substituents is 1. The van der Waals surface area contributed by atoms with Crippen molar-refractivity contribution in [3.05, 3.63) is 27.8 Å². The number of carbonyl (C=O) groups excluding carboxylic acids is 1. The molecule has 1 aliphatic heterocycles. The van der Waals surface area contributed by atoms with Crippen LogP contribution in [0.15, 0.2) is 17.0 Å². The smallest absolute Gasteiger partial charge is 0.285 e. The zero-order valence-electron chi connectivity index (χ0n) is 13.4. The summed E-state index contributed by atoms with van der Waals surface area (Å²) in [6, 6.07) is 2.86. The van der Waals surface area contributed by atoms with Gasteiger partial charge >= 0.3 is 0 Å². The summed E-state index contributed by atoms with van der Waals surface area (Å²) in [5, 5.41) is 17.5. The molecule has 1 aromatic rings. The SMILES string of the molecule is COc1cc([N+](=O)[O-])c(C(=O)NC2CCNCC2C)cc1SC. The lowest BCUT2D eigenvalue weighted by Gasteiger charge is -2.30. The van der Waals surface area contributed by atoms with E-state index < -0.39 is 10.8 Å². The van der Waals surface area contributed by atoms with Gasteiger partial charge in [-0.25, -0.2) is 0 Å². The number of rotatable bonds is 5. The summed E-state index contributed by atoms with van der Waals surface area (Å²) in [6.07, 6.45) is 2.65. The van der Waals surface area contributed by atoms with Crippen LogP contribution in [0.4, 0.5) is 5.69 Å². The number of nitro groups is 1. The third kappa shape index (κ3) is 3.94. The Bertz CT molecular complexity index is 609. The Kier molecular flexibility index (Phi) is 5.84. The molecule has 126 valence electrons. The highest BCUT2D eigenvalue weighted by atomic mass is 32.2. The fraction of sp³-hybridized carbons (Fsp3) is 0.533. The minimum absolute atomic E-state index is 0.0168. The second-order valence-corrected chi connectivity index (χ2v) is 6.38. The van der Waals surface area contributed by atoms with Crippen LogP contribution in [-0.2, 0) is 0 Å². The molecule has 2 unspecified atom stereocenters. The van der Waals surface area contributed by atoms with Crippen molar-refractivity contribution in [1.82, 2.24) is 10.6 Å². The van der Waals surface area contributed by atoms with Crippen LogP contribution in [0.2, 0.25) is 0 Å². The van der Waals surface area contributed by atoms with Gasteiger partial charge in [-0.1, -0.05) is 6.92 Å². The Hall–Kier alpha value is -1.80. The number of hydrogen-bond donors (Lipinski definition) is 2. The van der Waals surface area contributed by atoms with E-state index in [-0.39, 0.29) is 23.2 Å². The Morgan fingerprint density at radius 2 is 2.26 bits per heavy atom. The van der Waals surface area contributed by atoms with Gasteiger partial charge in [0.15, 0.2) is 0 Å². The van der Waals surface area contributed by atoms with E-state index >= 15 is 0 Å². The van der Waals surface area contributed by atoms with Gasteiger partial charge in [-0.05, 0) is 37.8 Å². The van der Waals surface area contributed by atoms with Crippen molar-refractivity contribution in [2.24, 2.45) is 5.92 Å². The number of thioether (sulfide) groups is 1. The summed E-state index contributed by atoms with van der Waals surface area (Å²) in [5.41, 5.74) is -0.162. The lowest BCUT2D eigenvalue weighted by atomic mass is 9.95. The minimum atomic E-state index is -0.548.